The highest BCUT2D eigenvalue weighted by Crippen LogP contribution is 2.13. The van der Waals surface area contributed by atoms with Crippen molar-refractivity contribution in [3.8, 4) is 0 Å². The van der Waals surface area contributed by atoms with Gasteiger partial charge in [-0.1, -0.05) is 6.92 Å². The number of amides is 2. The van der Waals surface area contributed by atoms with Gasteiger partial charge in [0.05, 0.1) is 11.4 Å². The second kappa shape index (κ2) is 4.13. The summed E-state index contributed by atoms with van der Waals surface area (Å²) in [5.41, 5.74) is 1.69. The van der Waals surface area contributed by atoms with E-state index in [-0.39, 0.29) is 6.03 Å². The first-order valence-corrected chi connectivity index (χ1v) is 4.55. The highest BCUT2D eigenvalue weighted by molar-refractivity contribution is 5.89. The Bertz CT molecular complexity index is 330. The van der Waals surface area contributed by atoms with E-state index in [2.05, 4.69) is 10.4 Å². The maximum atomic E-state index is 11.4. The van der Waals surface area contributed by atoms with E-state index in [4.69, 9.17) is 0 Å². The van der Waals surface area contributed by atoms with Gasteiger partial charge in [-0.15, -0.1) is 0 Å². The Morgan fingerprint density at radius 1 is 1.64 bits per heavy atom. The lowest BCUT2D eigenvalue weighted by Gasteiger charge is -2.11. The molecule has 0 fully saturated rings. The molecule has 0 unspecified atom stereocenters. The third-order valence-corrected chi connectivity index (χ3v) is 1.89. The fraction of sp³-hybridized carbons (Fsp3) is 0.556. The first-order chi connectivity index (χ1) is 6.54. The molecule has 1 aromatic rings. The summed E-state index contributed by atoms with van der Waals surface area (Å²) in [6.45, 7) is 2.01. The number of carbonyl (C=O) groups excluding carboxylic acids is 1. The maximum absolute atomic E-state index is 11.4. The number of nitrogens with zero attached hydrogens (tertiary/aromatic N) is 3. The minimum absolute atomic E-state index is 0.132. The number of hydrogen-bond donors (Lipinski definition) is 1. The summed E-state index contributed by atoms with van der Waals surface area (Å²) in [5, 5.41) is 7.01. The zero-order valence-corrected chi connectivity index (χ0v) is 9.03. The highest BCUT2D eigenvalue weighted by Gasteiger charge is 2.09. The van der Waals surface area contributed by atoms with E-state index in [1.165, 1.54) is 4.90 Å². The lowest BCUT2D eigenvalue weighted by Crippen LogP contribution is -2.27. The molecule has 0 saturated heterocycles. The normalized spacial score (nSPS) is 10.0. The van der Waals surface area contributed by atoms with Gasteiger partial charge in [0, 0.05) is 27.3 Å². The van der Waals surface area contributed by atoms with Crippen LogP contribution in [0.5, 0.6) is 0 Å². The Morgan fingerprint density at radius 3 is 2.79 bits per heavy atom. The van der Waals surface area contributed by atoms with Gasteiger partial charge in [0.2, 0.25) is 0 Å². The van der Waals surface area contributed by atoms with Crippen LogP contribution in [0.3, 0.4) is 0 Å². The van der Waals surface area contributed by atoms with Crippen molar-refractivity contribution < 1.29 is 4.79 Å². The molecule has 5 nitrogen and oxygen atoms in total. The van der Waals surface area contributed by atoms with Gasteiger partial charge in [-0.3, -0.25) is 4.68 Å². The summed E-state index contributed by atoms with van der Waals surface area (Å²) >= 11 is 0. The molecule has 0 saturated carbocycles. The molecule has 14 heavy (non-hydrogen) atoms. The second-order valence-electron chi connectivity index (χ2n) is 3.34. The molecule has 78 valence electrons. The Balaban J connectivity index is 2.80. The number of nitrogens with one attached hydrogen (secondary N) is 1. The number of hydrogen-bond acceptors (Lipinski definition) is 2. The predicted molar refractivity (Wildman–Crippen MR) is 55.3 cm³/mol. The zero-order chi connectivity index (χ0) is 10.7. The van der Waals surface area contributed by atoms with Crippen LogP contribution in [0.4, 0.5) is 10.5 Å². The number of anilines is 1. The summed E-state index contributed by atoms with van der Waals surface area (Å²) in [4.78, 5) is 12.9. The third-order valence-electron chi connectivity index (χ3n) is 1.89. The average Bonchev–Trinajstić information content (AvgIpc) is 2.45. The molecule has 1 heterocycles. The van der Waals surface area contributed by atoms with Crippen LogP contribution in [0.1, 0.15) is 12.6 Å². The molecule has 0 aromatic carbocycles. The number of urea groups is 1. The van der Waals surface area contributed by atoms with Crippen LogP contribution in [-0.2, 0) is 13.5 Å². The van der Waals surface area contributed by atoms with Crippen LogP contribution in [0.2, 0.25) is 0 Å². The SMILES string of the molecule is CCc1nn(C)cc1NC(=O)N(C)C. The monoisotopic (exact) mass is 196 g/mol. The standard InChI is InChI=1S/C9H16N4O/c1-5-7-8(6-13(4)11-7)10-9(14)12(2)3/h6H,5H2,1-4H3,(H,10,14). The summed E-state index contributed by atoms with van der Waals surface area (Å²) < 4.78 is 1.70. The van der Waals surface area contributed by atoms with Crippen LogP contribution >= 0.6 is 0 Å². The van der Waals surface area contributed by atoms with Gasteiger partial charge in [-0.25, -0.2) is 4.79 Å². The molecular formula is C9H16N4O. The van der Waals surface area contributed by atoms with Crippen LogP contribution < -0.4 is 5.32 Å². The van der Waals surface area contributed by atoms with Crippen LogP contribution in [-0.4, -0.2) is 34.8 Å². The van der Waals surface area contributed by atoms with E-state index in [0.29, 0.717) is 0 Å². The lowest BCUT2D eigenvalue weighted by molar-refractivity contribution is 0.230. The Kier molecular flexibility index (Phi) is 3.11. The molecule has 0 aliphatic carbocycles. The summed E-state index contributed by atoms with van der Waals surface area (Å²) in [6, 6.07) is -0.132. The Morgan fingerprint density at radius 2 is 2.29 bits per heavy atom. The van der Waals surface area contributed by atoms with Gasteiger partial charge in [0.15, 0.2) is 0 Å². The Hall–Kier alpha value is -1.52. The van der Waals surface area contributed by atoms with Gasteiger partial charge < -0.3 is 10.2 Å². The molecule has 1 N–H and O–H groups in total. The molecule has 0 spiro atoms. The van der Waals surface area contributed by atoms with Gasteiger partial charge in [0.1, 0.15) is 0 Å². The molecule has 1 rings (SSSR count). The molecule has 5 heteroatoms. The van der Waals surface area contributed by atoms with Crippen molar-refractivity contribution in [2.45, 2.75) is 13.3 Å². The maximum Gasteiger partial charge on any atom is 0.321 e. The fourth-order valence-corrected chi connectivity index (χ4v) is 1.13. The van der Waals surface area contributed by atoms with Gasteiger partial charge in [-0.05, 0) is 6.42 Å². The number of rotatable bonds is 2. The van der Waals surface area contributed by atoms with E-state index in [1.807, 2.05) is 14.0 Å². The van der Waals surface area contributed by atoms with Crippen molar-refractivity contribution in [3.05, 3.63) is 11.9 Å². The Labute approximate surface area is 83.7 Å². The molecule has 1 aromatic heterocycles. The topological polar surface area (TPSA) is 50.2 Å². The van der Waals surface area contributed by atoms with E-state index in [0.717, 1.165) is 17.8 Å². The molecular weight excluding hydrogens is 180 g/mol. The number of aromatic nitrogens is 2. The molecule has 0 bridgehead atoms. The van der Waals surface area contributed by atoms with Crippen molar-refractivity contribution in [3.63, 3.8) is 0 Å². The predicted octanol–water partition coefficient (Wildman–Crippen LogP) is 1.08. The van der Waals surface area contributed by atoms with Gasteiger partial charge >= 0.3 is 6.03 Å². The van der Waals surface area contributed by atoms with Crippen LogP contribution in [0.15, 0.2) is 6.20 Å². The summed E-state index contributed by atoms with van der Waals surface area (Å²) in [5.74, 6) is 0. The first kappa shape index (κ1) is 10.6. The van der Waals surface area contributed by atoms with Crippen LogP contribution in [0.25, 0.3) is 0 Å². The summed E-state index contributed by atoms with van der Waals surface area (Å²) in [7, 11) is 5.25. The third kappa shape index (κ3) is 2.25. The van der Waals surface area contributed by atoms with Crippen LogP contribution in [0, 0.1) is 0 Å². The molecule has 2 amide bonds. The highest BCUT2D eigenvalue weighted by atomic mass is 16.2. The molecule has 0 aliphatic heterocycles. The van der Waals surface area contributed by atoms with Crippen molar-refractivity contribution in [2.75, 3.05) is 19.4 Å². The van der Waals surface area contributed by atoms with Gasteiger partial charge in [0.25, 0.3) is 0 Å². The first-order valence-electron chi connectivity index (χ1n) is 4.55. The average molecular weight is 196 g/mol. The smallest absolute Gasteiger partial charge is 0.321 e. The van der Waals surface area contributed by atoms with E-state index >= 15 is 0 Å². The van der Waals surface area contributed by atoms with E-state index in [1.54, 1.807) is 25.0 Å². The van der Waals surface area contributed by atoms with E-state index < -0.39 is 0 Å². The zero-order valence-electron chi connectivity index (χ0n) is 9.03. The van der Waals surface area contributed by atoms with Gasteiger partial charge in [-0.2, -0.15) is 5.10 Å². The van der Waals surface area contributed by atoms with Crippen molar-refractivity contribution in [2.24, 2.45) is 7.05 Å². The quantitative estimate of drug-likeness (QED) is 0.769. The molecule has 0 atom stereocenters. The minimum atomic E-state index is -0.132. The second-order valence-corrected chi connectivity index (χ2v) is 3.34. The van der Waals surface area contributed by atoms with Crippen molar-refractivity contribution >= 4 is 11.7 Å². The number of aryl methyl sites for hydroxylation is 2. The largest absolute Gasteiger partial charge is 0.331 e. The number of carbonyl (C=O) groups is 1. The van der Waals surface area contributed by atoms with Crippen molar-refractivity contribution in [1.29, 1.82) is 0 Å². The molecule has 0 aliphatic rings. The summed E-state index contributed by atoms with van der Waals surface area (Å²) in [6.07, 6.45) is 2.62. The van der Waals surface area contributed by atoms with Crippen molar-refractivity contribution in [1.82, 2.24) is 14.7 Å². The van der Waals surface area contributed by atoms with E-state index in [9.17, 15) is 4.79 Å². The minimum Gasteiger partial charge on any atom is -0.331 e. The molecule has 0 radical (unpaired) electrons. The lowest BCUT2D eigenvalue weighted by atomic mass is 10.3. The fourth-order valence-electron chi connectivity index (χ4n) is 1.13.